The third-order valence-corrected chi connectivity index (χ3v) is 5.86. The molecule has 2 aromatic heterocycles. The topological polar surface area (TPSA) is 104 Å². The van der Waals surface area contributed by atoms with E-state index in [1.807, 2.05) is 55.5 Å². The number of aromatic nitrogens is 4. The Morgan fingerprint density at radius 3 is 2.61 bits per heavy atom. The molecule has 3 aromatic carbocycles. The molecular formula is C27H25N5O4. The Labute approximate surface area is 207 Å². The number of nitrogens with zero attached hydrogens (tertiary/aromatic N) is 4. The van der Waals surface area contributed by atoms with Gasteiger partial charge in [-0.25, -0.2) is 4.68 Å². The van der Waals surface area contributed by atoms with Gasteiger partial charge in [0.05, 0.1) is 36.7 Å². The van der Waals surface area contributed by atoms with Gasteiger partial charge in [0.2, 0.25) is 0 Å². The molecule has 0 aliphatic rings. The van der Waals surface area contributed by atoms with Crippen molar-refractivity contribution in [3.63, 3.8) is 0 Å². The highest BCUT2D eigenvalue weighted by Crippen LogP contribution is 2.32. The van der Waals surface area contributed by atoms with Gasteiger partial charge in [-0.05, 0) is 36.8 Å². The number of hydrogen-bond donors (Lipinski definition) is 1. The van der Waals surface area contributed by atoms with Crippen LogP contribution in [0.1, 0.15) is 29.5 Å². The third kappa shape index (κ3) is 4.26. The van der Waals surface area contributed by atoms with E-state index < -0.39 is 0 Å². The number of carbonyl (C=O) groups is 1. The maximum absolute atomic E-state index is 13.3. The Bertz CT molecular complexity index is 1520. The molecule has 0 spiro atoms. The smallest absolute Gasteiger partial charge is 0.278 e. The summed E-state index contributed by atoms with van der Waals surface area (Å²) >= 11 is 0. The van der Waals surface area contributed by atoms with Gasteiger partial charge in [-0.15, -0.1) is 5.10 Å². The van der Waals surface area contributed by atoms with Crippen LogP contribution in [-0.2, 0) is 6.42 Å². The van der Waals surface area contributed by atoms with E-state index in [-0.39, 0.29) is 11.6 Å². The van der Waals surface area contributed by atoms with Gasteiger partial charge in [-0.2, -0.15) is 0 Å². The number of hydrogen-bond acceptors (Lipinski definition) is 7. The molecule has 0 saturated heterocycles. The van der Waals surface area contributed by atoms with Crippen molar-refractivity contribution in [1.29, 1.82) is 0 Å². The van der Waals surface area contributed by atoms with E-state index in [4.69, 9.17) is 14.0 Å². The summed E-state index contributed by atoms with van der Waals surface area (Å²) in [7, 11) is 3.11. The van der Waals surface area contributed by atoms with E-state index in [2.05, 4.69) is 20.8 Å². The fourth-order valence-corrected chi connectivity index (χ4v) is 4.10. The first-order valence-corrected chi connectivity index (χ1v) is 11.6. The van der Waals surface area contributed by atoms with Gasteiger partial charge in [-0.1, -0.05) is 54.0 Å². The third-order valence-electron chi connectivity index (χ3n) is 5.86. The first-order valence-electron chi connectivity index (χ1n) is 11.6. The van der Waals surface area contributed by atoms with Crippen molar-refractivity contribution in [2.45, 2.75) is 19.8 Å². The van der Waals surface area contributed by atoms with E-state index in [9.17, 15) is 4.79 Å². The second kappa shape index (κ2) is 9.91. The summed E-state index contributed by atoms with van der Waals surface area (Å²) in [5.41, 5.74) is 3.85. The van der Waals surface area contributed by atoms with Crippen LogP contribution in [0.25, 0.3) is 27.9 Å². The molecule has 9 heteroatoms. The van der Waals surface area contributed by atoms with Gasteiger partial charge >= 0.3 is 0 Å². The molecule has 5 rings (SSSR count). The highest BCUT2D eigenvalue weighted by Gasteiger charge is 2.22. The largest absolute Gasteiger partial charge is 0.497 e. The molecule has 1 N–H and O–H groups in total. The maximum atomic E-state index is 13.3. The molecule has 36 heavy (non-hydrogen) atoms. The number of anilines is 1. The van der Waals surface area contributed by atoms with Crippen molar-refractivity contribution in [2.75, 3.05) is 19.5 Å². The van der Waals surface area contributed by atoms with Gasteiger partial charge in [0, 0.05) is 11.6 Å². The lowest BCUT2D eigenvalue weighted by Crippen LogP contribution is -2.16. The van der Waals surface area contributed by atoms with Gasteiger partial charge in [0.1, 0.15) is 17.0 Å². The molecule has 182 valence electrons. The molecule has 0 radical (unpaired) electrons. The second-order valence-electron chi connectivity index (χ2n) is 8.15. The van der Waals surface area contributed by atoms with Crippen LogP contribution in [0.2, 0.25) is 0 Å². The lowest BCUT2D eigenvalue weighted by Gasteiger charge is -2.12. The highest BCUT2D eigenvalue weighted by molar-refractivity contribution is 6.04. The van der Waals surface area contributed by atoms with Crippen LogP contribution in [-0.4, -0.2) is 40.3 Å². The molecule has 0 fully saturated rings. The van der Waals surface area contributed by atoms with E-state index >= 15 is 0 Å². The summed E-state index contributed by atoms with van der Waals surface area (Å²) in [5.74, 6) is 1.40. The number of methoxy groups -OCH3 is 2. The zero-order chi connectivity index (χ0) is 25.1. The van der Waals surface area contributed by atoms with Crippen molar-refractivity contribution in [3.8, 4) is 28.5 Å². The summed E-state index contributed by atoms with van der Waals surface area (Å²) in [6.07, 6.45) is 1.42. The highest BCUT2D eigenvalue weighted by atomic mass is 16.5. The van der Waals surface area contributed by atoms with Gasteiger partial charge < -0.3 is 19.3 Å². The molecule has 9 nitrogen and oxygen atoms in total. The fourth-order valence-electron chi connectivity index (χ4n) is 4.10. The molecule has 0 aliphatic carbocycles. The predicted molar refractivity (Wildman–Crippen MR) is 136 cm³/mol. The number of rotatable bonds is 8. The van der Waals surface area contributed by atoms with E-state index in [0.717, 1.165) is 28.6 Å². The minimum Gasteiger partial charge on any atom is -0.497 e. The van der Waals surface area contributed by atoms with Crippen molar-refractivity contribution < 1.29 is 18.8 Å². The minimum absolute atomic E-state index is 0.246. The summed E-state index contributed by atoms with van der Waals surface area (Å²) < 4.78 is 18.0. The Morgan fingerprint density at radius 1 is 1.03 bits per heavy atom. The Morgan fingerprint density at radius 2 is 1.86 bits per heavy atom. The van der Waals surface area contributed by atoms with Crippen LogP contribution in [0.15, 0.2) is 71.3 Å². The number of carbonyl (C=O) groups excluding carboxylic acids is 1. The SMILES string of the molecule is CCCc1c(C(=O)Nc2cc(OC)ccc2OC)nnn1-c1ccc2noc(-c3ccccc3)c2c1. The first-order chi connectivity index (χ1) is 17.6. The maximum Gasteiger partial charge on any atom is 0.278 e. The Hall–Kier alpha value is -4.66. The van der Waals surface area contributed by atoms with Crippen molar-refractivity contribution >= 4 is 22.5 Å². The second-order valence-corrected chi connectivity index (χ2v) is 8.15. The van der Waals surface area contributed by atoms with Gasteiger partial charge in [-0.3, -0.25) is 4.79 Å². The average molecular weight is 484 g/mol. The molecule has 5 aromatic rings. The van der Waals surface area contributed by atoms with E-state index in [1.165, 1.54) is 0 Å². The lowest BCUT2D eigenvalue weighted by atomic mass is 10.1. The molecule has 0 atom stereocenters. The number of amides is 1. The van der Waals surface area contributed by atoms with Crippen LogP contribution >= 0.6 is 0 Å². The normalized spacial score (nSPS) is 11.0. The molecule has 1 amide bonds. The first kappa shape index (κ1) is 23.1. The standard InChI is InChI=1S/C27H25N5O4/c1-4-8-23-25(27(33)28-22-16-19(34-2)12-14-24(22)35-3)29-31-32(23)18-11-13-21-20(15-18)26(36-30-21)17-9-6-5-7-10-17/h5-7,9-16H,4,8H2,1-3H3,(H,28,33). The molecule has 2 heterocycles. The lowest BCUT2D eigenvalue weighted by molar-refractivity contribution is 0.102. The van der Waals surface area contributed by atoms with Crippen LogP contribution in [0, 0.1) is 0 Å². The fraction of sp³-hybridized carbons (Fsp3) is 0.185. The Balaban J connectivity index is 1.53. The van der Waals surface area contributed by atoms with Gasteiger partial charge in [0.25, 0.3) is 5.91 Å². The summed E-state index contributed by atoms with van der Waals surface area (Å²) in [5, 5.41) is 16.5. The number of ether oxygens (including phenoxy) is 2. The molecular weight excluding hydrogens is 458 g/mol. The number of benzene rings is 3. The molecule has 0 bridgehead atoms. The number of nitrogens with one attached hydrogen (secondary N) is 1. The van der Waals surface area contributed by atoms with Crippen LogP contribution < -0.4 is 14.8 Å². The molecule has 0 aliphatic heterocycles. The van der Waals surface area contributed by atoms with Crippen molar-refractivity contribution in [2.24, 2.45) is 0 Å². The summed E-state index contributed by atoms with van der Waals surface area (Å²) in [4.78, 5) is 13.3. The quantitative estimate of drug-likeness (QED) is 0.319. The monoisotopic (exact) mass is 483 g/mol. The summed E-state index contributed by atoms with van der Waals surface area (Å²) in [6.45, 7) is 2.04. The number of fused-ring (bicyclic) bond motifs is 1. The zero-order valence-electron chi connectivity index (χ0n) is 20.2. The minimum atomic E-state index is -0.382. The van der Waals surface area contributed by atoms with Crippen LogP contribution in [0.3, 0.4) is 0 Å². The average Bonchev–Trinajstić information content (AvgIpc) is 3.53. The van der Waals surface area contributed by atoms with E-state index in [0.29, 0.717) is 35.1 Å². The molecule has 0 saturated carbocycles. The van der Waals surface area contributed by atoms with Gasteiger partial charge in [0.15, 0.2) is 11.5 Å². The predicted octanol–water partition coefficient (Wildman–Crippen LogP) is 5.30. The van der Waals surface area contributed by atoms with Crippen LogP contribution in [0.5, 0.6) is 11.5 Å². The van der Waals surface area contributed by atoms with E-state index in [1.54, 1.807) is 37.1 Å². The van der Waals surface area contributed by atoms with Crippen LogP contribution in [0.4, 0.5) is 5.69 Å². The summed E-state index contributed by atoms with van der Waals surface area (Å²) in [6, 6.07) is 20.7. The Kier molecular flexibility index (Phi) is 6.36. The van der Waals surface area contributed by atoms with Crippen molar-refractivity contribution in [3.05, 3.63) is 78.1 Å². The molecule has 0 unspecified atom stereocenters. The zero-order valence-corrected chi connectivity index (χ0v) is 20.2. The van der Waals surface area contributed by atoms with Crippen molar-refractivity contribution in [1.82, 2.24) is 20.2 Å².